The normalized spacial score (nSPS) is 10.2. The number of aromatic nitrogens is 2. The van der Waals surface area contributed by atoms with Crippen molar-refractivity contribution in [1.29, 1.82) is 0 Å². The Hall–Kier alpha value is -1.09. The number of hydrogen-bond acceptors (Lipinski definition) is 1. The molecule has 0 aliphatic heterocycles. The lowest BCUT2D eigenvalue weighted by atomic mass is 10.1. The Morgan fingerprint density at radius 3 is 2.62 bits per heavy atom. The van der Waals surface area contributed by atoms with Crippen LogP contribution in [0.15, 0.2) is 41.0 Å². The summed E-state index contributed by atoms with van der Waals surface area (Å²) < 4.78 is 1.04. The number of H-pyrrole nitrogens is 1. The van der Waals surface area contributed by atoms with E-state index in [1.54, 1.807) is 6.20 Å². The van der Waals surface area contributed by atoms with Crippen LogP contribution in [0.2, 0.25) is 0 Å². The largest absolute Gasteiger partial charge is 0.281 e. The van der Waals surface area contributed by atoms with Crippen LogP contribution in [0, 0.1) is 0 Å². The lowest BCUT2D eigenvalue weighted by Crippen LogP contribution is -1.88. The molecule has 0 bridgehead atoms. The quantitative estimate of drug-likeness (QED) is 0.854. The van der Waals surface area contributed by atoms with E-state index in [9.17, 15) is 0 Å². The van der Waals surface area contributed by atoms with Gasteiger partial charge in [0.15, 0.2) is 0 Å². The standard InChI is InChI=1S/C10H9BrN2/c11-9-7-12-13-10(9)6-8-4-2-1-3-5-8/h1-5,7H,6H2,(H,12,13). The summed E-state index contributed by atoms with van der Waals surface area (Å²) in [6.45, 7) is 0. The molecule has 1 N–H and O–H groups in total. The van der Waals surface area contributed by atoms with Crippen molar-refractivity contribution in [3.8, 4) is 0 Å². The number of nitrogens with zero attached hydrogens (tertiary/aromatic N) is 1. The Labute approximate surface area is 85.1 Å². The Morgan fingerprint density at radius 1 is 1.23 bits per heavy atom. The predicted molar refractivity (Wildman–Crippen MR) is 55.5 cm³/mol. The molecule has 1 heterocycles. The van der Waals surface area contributed by atoms with Crippen LogP contribution in [0.3, 0.4) is 0 Å². The smallest absolute Gasteiger partial charge is 0.0632 e. The molecular weight excluding hydrogens is 228 g/mol. The van der Waals surface area contributed by atoms with Crippen LogP contribution < -0.4 is 0 Å². The molecular formula is C10H9BrN2. The fourth-order valence-corrected chi connectivity index (χ4v) is 1.55. The molecule has 2 nitrogen and oxygen atoms in total. The van der Waals surface area contributed by atoms with E-state index in [-0.39, 0.29) is 0 Å². The van der Waals surface area contributed by atoms with Gasteiger partial charge in [-0.1, -0.05) is 30.3 Å². The molecule has 13 heavy (non-hydrogen) atoms. The van der Waals surface area contributed by atoms with Crippen molar-refractivity contribution >= 4 is 15.9 Å². The van der Waals surface area contributed by atoms with Crippen molar-refractivity contribution in [2.75, 3.05) is 0 Å². The van der Waals surface area contributed by atoms with Gasteiger partial charge in [-0.15, -0.1) is 0 Å². The first-order valence-electron chi connectivity index (χ1n) is 4.08. The van der Waals surface area contributed by atoms with Crippen molar-refractivity contribution in [2.24, 2.45) is 0 Å². The number of nitrogens with one attached hydrogen (secondary N) is 1. The van der Waals surface area contributed by atoms with Gasteiger partial charge in [-0.05, 0) is 21.5 Å². The van der Waals surface area contributed by atoms with Crippen LogP contribution in [0.4, 0.5) is 0 Å². The molecule has 0 fully saturated rings. The number of hydrogen-bond donors (Lipinski definition) is 1. The number of benzene rings is 1. The van der Waals surface area contributed by atoms with Crippen LogP contribution in [-0.2, 0) is 6.42 Å². The van der Waals surface area contributed by atoms with Gasteiger partial charge in [0.25, 0.3) is 0 Å². The van der Waals surface area contributed by atoms with Gasteiger partial charge in [0.2, 0.25) is 0 Å². The van der Waals surface area contributed by atoms with E-state index < -0.39 is 0 Å². The van der Waals surface area contributed by atoms with Crippen molar-refractivity contribution in [2.45, 2.75) is 6.42 Å². The van der Waals surface area contributed by atoms with Gasteiger partial charge in [0.05, 0.1) is 16.4 Å². The average molecular weight is 237 g/mol. The third kappa shape index (κ3) is 1.98. The van der Waals surface area contributed by atoms with E-state index in [4.69, 9.17) is 0 Å². The van der Waals surface area contributed by atoms with E-state index in [2.05, 4.69) is 38.3 Å². The SMILES string of the molecule is Brc1cn[nH]c1Cc1ccccc1. The third-order valence-electron chi connectivity index (χ3n) is 1.89. The minimum Gasteiger partial charge on any atom is -0.281 e. The second-order valence-electron chi connectivity index (χ2n) is 2.86. The summed E-state index contributed by atoms with van der Waals surface area (Å²) in [5.74, 6) is 0. The van der Waals surface area contributed by atoms with Gasteiger partial charge < -0.3 is 0 Å². The molecule has 2 aromatic rings. The van der Waals surface area contributed by atoms with Gasteiger partial charge in [-0.3, -0.25) is 5.10 Å². The Bertz CT molecular complexity index is 381. The number of rotatable bonds is 2. The molecule has 2 rings (SSSR count). The van der Waals surface area contributed by atoms with Crippen molar-refractivity contribution in [3.63, 3.8) is 0 Å². The Balaban J connectivity index is 2.20. The maximum absolute atomic E-state index is 3.95. The Morgan fingerprint density at radius 2 is 2.00 bits per heavy atom. The maximum Gasteiger partial charge on any atom is 0.0632 e. The zero-order valence-corrected chi connectivity index (χ0v) is 8.58. The van der Waals surface area contributed by atoms with Gasteiger partial charge in [0.1, 0.15) is 0 Å². The average Bonchev–Trinajstić information content (AvgIpc) is 2.54. The molecule has 0 radical (unpaired) electrons. The van der Waals surface area contributed by atoms with Gasteiger partial charge in [0, 0.05) is 6.42 Å². The summed E-state index contributed by atoms with van der Waals surface area (Å²) in [6.07, 6.45) is 2.67. The minimum absolute atomic E-state index is 0.890. The van der Waals surface area contributed by atoms with Crippen LogP contribution >= 0.6 is 15.9 Å². The highest BCUT2D eigenvalue weighted by molar-refractivity contribution is 9.10. The van der Waals surface area contributed by atoms with Crippen molar-refractivity contribution in [1.82, 2.24) is 10.2 Å². The summed E-state index contributed by atoms with van der Waals surface area (Å²) in [6, 6.07) is 10.3. The highest BCUT2D eigenvalue weighted by atomic mass is 79.9. The molecule has 0 aliphatic carbocycles. The van der Waals surface area contributed by atoms with E-state index in [1.165, 1.54) is 5.56 Å². The molecule has 0 amide bonds. The summed E-state index contributed by atoms with van der Waals surface area (Å²) >= 11 is 3.43. The van der Waals surface area contributed by atoms with E-state index in [0.717, 1.165) is 16.6 Å². The monoisotopic (exact) mass is 236 g/mol. The summed E-state index contributed by atoms with van der Waals surface area (Å²) in [5.41, 5.74) is 2.40. The van der Waals surface area contributed by atoms with Crippen LogP contribution in [0.1, 0.15) is 11.3 Å². The fourth-order valence-electron chi connectivity index (χ4n) is 1.22. The molecule has 0 saturated heterocycles. The zero-order chi connectivity index (χ0) is 9.10. The summed E-state index contributed by atoms with van der Waals surface area (Å²) in [4.78, 5) is 0. The van der Waals surface area contributed by atoms with E-state index in [1.807, 2.05) is 18.2 Å². The lowest BCUT2D eigenvalue weighted by molar-refractivity contribution is 0.994. The van der Waals surface area contributed by atoms with Crippen LogP contribution in [0.25, 0.3) is 0 Å². The molecule has 1 aromatic carbocycles. The lowest BCUT2D eigenvalue weighted by Gasteiger charge is -1.98. The van der Waals surface area contributed by atoms with E-state index in [0.29, 0.717) is 0 Å². The molecule has 0 aliphatic rings. The van der Waals surface area contributed by atoms with Crippen LogP contribution in [0.5, 0.6) is 0 Å². The van der Waals surface area contributed by atoms with Gasteiger partial charge >= 0.3 is 0 Å². The fraction of sp³-hybridized carbons (Fsp3) is 0.100. The molecule has 3 heteroatoms. The van der Waals surface area contributed by atoms with Gasteiger partial charge in [-0.2, -0.15) is 5.10 Å². The van der Waals surface area contributed by atoms with Crippen LogP contribution in [-0.4, -0.2) is 10.2 Å². The second-order valence-corrected chi connectivity index (χ2v) is 3.71. The van der Waals surface area contributed by atoms with Crippen molar-refractivity contribution in [3.05, 3.63) is 52.3 Å². The highest BCUT2D eigenvalue weighted by Gasteiger charge is 2.01. The highest BCUT2D eigenvalue weighted by Crippen LogP contribution is 2.16. The third-order valence-corrected chi connectivity index (χ3v) is 2.57. The van der Waals surface area contributed by atoms with Crippen molar-refractivity contribution < 1.29 is 0 Å². The molecule has 0 unspecified atom stereocenters. The maximum atomic E-state index is 3.95. The first-order chi connectivity index (χ1) is 6.36. The summed E-state index contributed by atoms with van der Waals surface area (Å²) in [5, 5.41) is 6.90. The van der Waals surface area contributed by atoms with E-state index >= 15 is 0 Å². The first kappa shape index (κ1) is 8.51. The Kier molecular flexibility index (Phi) is 2.45. The first-order valence-corrected chi connectivity index (χ1v) is 4.87. The molecule has 0 atom stereocenters. The predicted octanol–water partition coefficient (Wildman–Crippen LogP) is 2.76. The molecule has 0 spiro atoms. The molecule has 1 aromatic heterocycles. The molecule has 0 saturated carbocycles. The van der Waals surface area contributed by atoms with Gasteiger partial charge in [-0.25, -0.2) is 0 Å². The minimum atomic E-state index is 0.890. The number of halogens is 1. The number of aromatic amines is 1. The zero-order valence-electron chi connectivity index (χ0n) is 7.00. The molecule has 66 valence electrons. The topological polar surface area (TPSA) is 28.7 Å². The second kappa shape index (κ2) is 3.75. The summed E-state index contributed by atoms with van der Waals surface area (Å²) in [7, 11) is 0.